The van der Waals surface area contributed by atoms with Crippen LogP contribution in [0.25, 0.3) is 0 Å². The summed E-state index contributed by atoms with van der Waals surface area (Å²) in [6.07, 6.45) is 0. The van der Waals surface area contributed by atoms with Gasteiger partial charge in [0.25, 0.3) is 11.6 Å². The lowest BCUT2D eigenvalue weighted by Crippen LogP contribution is -2.29. The number of nitro benzene ring substituents is 1. The number of nitro groups is 1. The maximum Gasteiger partial charge on any atom is 0.270 e. The zero-order valence-corrected chi connectivity index (χ0v) is 12.0. The molecule has 0 aliphatic rings. The van der Waals surface area contributed by atoms with Gasteiger partial charge in [0, 0.05) is 29.6 Å². The molecule has 2 aromatic rings. The fourth-order valence-corrected chi connectivity index (χ4v) is 2.68. The minimum absolute atomic E-state index is 0.0678. The van der Waals surface area contributed by atoms with Gasteiger partial charge in [0.2, 0.25) is 0 Å². The molecule has 0 N–H and O–H groups in total. The van der Waals surface area contributed by atoms with Crippen LogP contribution in [-0.2, 0) is 0 Å². The van der Waals surface area contributed by atoms with Gasteiger partial charge in [0.15, 0.2) is 0 Å². The summed E-state index contributed by atoms with van der Waals surface area (Å²) in [7, 11) is 1.70. The van der Waals surface area contributed by atoms with Crippen LogP contribution in [0.1, 0.15) is 28.2 Å². The molecule has 0 saturated heterocycles. The van der Waals surface area contributed by atoms with Gasteiger partial charge in [0.05, 0.1) is 11.0 Å². The second-order valence-electron chi connectivity index (χ2n) is 4.41. The number of amides is 1. The number of nitrogens with zero attached hydrogens (tertiary/aromatic N) is 2. The highest BCUT2D eigenvalue weighted by atomic mass is 32.1. The van der Waals surface area contributed by atoms with Crippen LogP contribution in [-0.4, -0.2) is 22.8 Å². The van der Waals surface area contributed by atoms with E-state index in [1.54, 1.807) is 29.4 Å². The van der Waals surface area contributed by atoms with Crippen LogP contribution < -0.4 is 0 Å². The van der Waals surface area contributed by atoms with Crippen LogP contribution >= 0.6 is 11.3 Å². The van der Waals surface area contributed by atoms with E-state index in [4.69, 9.17) is 0 Å². The van der Waals surface area contributed by atoms with E-state index in [0.29, 0.717) is 5.56 Å². The lowest BCUT2D eigenvalue weighted by Gasteiger charge is -2.24. The van der Waals surface area contributed by atoms with Gasteiger partial charge in [-0.3, -0.25) is 14.9 Å². The van der Waals surface area contributed by atoms with Crippen molar-refractivity contribution in [2.24, 2.45) is 0 Å². The zero-order valence-electron chi connectivity index (χ0n) is 11.1. The van der Waals surface area contributed by atoms with Crippen molar-refractivity contribution in [3.8, 4) is 0 Å². The van der Waals surface area contributed by atoms with Crippen LogP contribution in [0.4, 0.5) is 5.69 Å². The third-order valence-corrected chi connectivity index (χ3v) is 4.20. The first-order valence-electron chi connectivity index (χ1n) is 6.05. The Labute approximate surface area is 120 Å². The van der Waals surface area contributed by atoms with E-state index in [9.17, 15) is 14.9 Å². The van der Waals surface area contributed by atoms with E-state index < -0.39 is 4.92 Å². The largest absolute Gasteiger partial charge is 0.334 e. The van der Waals surface area contributed by atoms with Gasteiger partial charge >= 0.3 is 0 Å². The molecule has 0 aliphatic heterocycles. The topological polar surface area (TPSA) is 63.5 Å². The number of rotatable bonds is 4. The van der Waals surface area contributed by atoms with E-state index in [-0.39, 0.29) is 17.6 Å². The molecule has 1 aromatic heterocycles. The second kappa shape index (κ2) is 5.83. The van der Waals surface area contributed by atoms with Crippen molar-refractivity contribution in [1.29, 1.82) is 0 Å². The smallest absolute Gasteiger partial charge is 0.270 e. The second-order valence-corrected chi connectivity index (χ2v) is 5.39. The summed E-state index contributed by atoms with van der Waals surface area (Å²) < 4.78 is 0. The zero-order chi connectivity index (χ0) is 14.7. The molecule has 0 aliphatic carbocycles. The number of non-ortho nitro benzene ring substituents is 1. The molecule has 0 saturated carbocycles. The lowest BCUT2D eigenvalue weighted by atomic mass is 10.1. The summed E-state index contributed by atoms with van der Waals surface area (Å²) in [6, 6.07) is 9.62. The van der Waals surface area contributed by atoms with Crippen LogP contribution in [0.5, 0.6) is 0 Å². The fourth-order valence-electron chi connectivity index (χ4n) is 1.85. The number of hydrogen-bond acceptors (Lipinski definition) is 4. The Morgan fingerprint density at radius 2 is 2.10 bits per heavy atom. The molecule has 5 nitrogen and oxygen atoms in total. The number of carbonyl (C=O) groups excluding carboxylic acids is 1. The van der Waals surface area contributed by atoms with Crippen molar-refractivity contribution in [2.45, 2.75) is 13.0 Å². The van der Waals surface area contributed by atoms with E-state index in [0.717, 1.165) is 4.88 Å². The Hall–Kier alpha value is -2.21. The number of benzene rings is 1. The van der Waals surface area contributed by atoms with Crippen molar-refractivity contribution in [2.75, 3.05) is 7.05 Å². The van der Waals surface area contributed by atoms with Gasteiger partial charge in [-0.25, -0.2) is 0 Å². The molecule has 1 unspecified atom stereocenters. The Kier molecular flexibility index (Phi) is 4.14. The van der Waals surface area contributed by atoms with Crippen molar-refractivity contribution < 1.29 is 9.72 Å². The SMILES string of the molecule is CC(c1cccs1)N(C)C(=O)c1cccc([N+](=O)[O-])c1. The minimum Gasteiger partial charge on any atom is -0.334 e. The number of thiophene rings is 1. The molecule has 1 heterocycles. The highest BCUT2D eigenvalue weighted by Crippen LogP contribution is 2.25. The Bertz CT molecular complexity index is 625. The third-order valence-electron chi connectivity index (χ3n) is 3.16. The predicted octanol–water partition coefficient (Wildman–Crippen LogP) is 3.49. The molecule has 20 heavy (non-hydrogen) atoms. The monoisotopic (exact) mass is 290 g/mol. The van der Waals surface area contributed by atoms with Crippen molar-refractivity contribution in [1.82, 2.24) is 4.90 Å². The maximum absolute atomic E-state index is 12.4. The van der Waals surface area contributed by atoms with Crippen LogP contribution in [0.3, 0.4) is 0 Å². The summed E-state index contributed by atoms with van der Waals surface area (Å²) in [5, 5.41) is 12.7. The van der Waals surface area contributed by atoms with Crippen molar-refractivity contribution in [3.05, 3.63) is 62.3 Å². The Morgan fingerprint density at radius 3 is 2.70 bits per heavy atom. The van der Waals surface area contributed by atoms with Gasteiger partial charge in [-0.05, 0) is 24.4 Å². The minimum atomic E-state index is -0.501. The maximum atomic E-state index is 12.4. The molecule has 0 fully saturated rings. The molecule has 104 valence electrons. The van der Waals surface area contributed by atoms with Gasteiger partial charge in [-0.1, -0.05) is 12.1 Å². The molecule has 1 atom stereocenters. The quantitative estimate of drug-likeness (QED) is 0.639. The molecule has 1 amide bonds. The first-order chi connectivity index (χ1) is 9.50. The molecular formula is C14H14N2O3S. The van der Waals surface area contributed by atoms with Gasteiger partial charge < -0.3 is 4.90 Å². The van der Waals surface area contributed by atoms with E-state index in [1.807, 2.05) is 24.4 Å². The summed E-state index contributed by atoms with van der Waals surface area (Å²) in [4.78, 5) is 25.3. The predicted molar refractivity (Wildman–Crippen MR) is 77.9 cm³/mol. The van der Waals surface area contributed by atoms with Crippen molar-refractivity contribution in [3.63, 3.8) is 0 Å². The molecule has 6 heteroatoms. The highest BCUT2D eigenvalue weighted by Gasteiger charge is 2.21. The van der Waals surface area contributed by atoms with Gasteiger partial charge in [-0.15, -0.1) is 11.3 Å². The number of hydrogen-bond donors (Lipinski definition) is 0. The van der Waals surface area contributed by atoms with Crippen LogP contribution in [0.15, 0.2) is 41.8 Å². The van der Waals surface area contributed by atoms with Crippen molar-refractivity contribution >= 4 is 22.9 Å². The summed E-state index contributed by atoms with van der Waals surface area (Å²) >= 11 is 1.58. The lowest BCUT2D eigenvalue weighted by molar-refractivity contribution is -0.384. The normalized spacial score (nSPS) is 11.9. The first kappa shape index (κ1) is 14.2. The average Bonchev–Trinajstić information content (AvgIpc) is 2.99. The molecule has 0 radical (unpaired) electrons. The Morgan fingerprint density at radius 1 is 1.35 bits per heavy atom. The van der Waals surface area contributed by atoms with Gasteiger partial charge in [-0.2, -0.15) is 0 Å². The molecular weight excluding hydrogens is 276 g/mol. The number of carbonyl (C=O) groups is 1. The van der Waals surface area contributed by atoms with E-state index in [1.165, 1.54) is 18.2 Å². The summed E-state index contributed by atoms with van der Waals surface area (Å²) in [6.45, 7) is 1.93. The standard InChI is InChI=1S/C14H14N2O3S/c1-10(13-7-4-8-20-13)15(2)14(17)11-5-3-6-12(9-11)16(18)19/h3-10H,1-2H3. The van der Waals surface area contributed by atoms with Crippen LogP contribution in [0, 0.1) is 10.1 Å². The van der Waals surface area contributed by atoms with Crippen LogP contribution in [0.2, 0.25) is 0 Å². The molecule has 0 spiro atoms. The summed E-state index contributed by atoms with van der Waals surface area (Å²) in [5.74, 6) is -0.227. The molecule has 1 aromatic carbocycles. The van der Waals surface area contributed by atoms with Gasteiger partial charge in [0.1, 0.15) is 0 Å². The molecule has 2 rings (SSSR count). The molecule has 0 bridgehead atoms. The van der Waals surface area contributed by atoms with E-state index in [2.05, 4.69) is 0 Å². The first-order valence-corrected chi connectivity index (χ1v) is 6.93. The fraction of sp³-hybridized carbons (Fsp3) is 0.214. The average molecular weight is 290 g/mol. The highest BCUT2D eigenvalue weighted by molar-refractivity contribution is 7.10. The Balaban J connectivity index is 2.22. The third kappa shape index (κ3) is 2.85. The summed E-state index contributed by atoms with van der Waals surface area (Å²) in [5.41, 5.74) is 0.248. The van der Waals surface area contributed by atoms with E-state index >= 15 is 0 Å².